The number of benzene rings is 1. The molecule has 5 heteroatoms. The summed E-state index contributed by atoms with van der Waals surface area (Å²) in [6, 6.07) is 4.17. The first-order valence-electron chi connectivity index (χ1n) is 4.63. The Labute approximate surface area is 91.0 Å². The van der Waals surface area contributed by atoms with Crippen LogP contribution in [0.15, 0.2) is 23.8 Å². The molecule has 0 atom stereocenters. The Morgan fingerprint density at radius 1 is 1.19 bits per heavy atom. The zero-order chi connectivity index (χ0) is 11.7. The molecule has 1 fully saturated rings. The molecule has 0 saturated carbocycles. The van der Waals surface area contributed by atoms with E-state index in [2.05, 4.69) is 5.32 Å². The molecule has 1 aliphatic rings. The van der Waals surface area contributed by atoms with Crippen molar-refractivity contribution in [2.75, 3.05) is 0 Å². The third kappa shape index (κ3) is 1.88. The highest BCUT2D eigenvalue weighted by atomic mass is 16.3. The molecule has 0 bridgehead atoms. The van der Waals surface area contributed by atoms with Gasteiger partial charge in [-0.3, -0.25) is 14.9 Å². The van der Waals surface area contributed by atoms with E-state index in [0.29, 0.717) is 11.1 Å². The van der Waals surface area contributed by atoms with E-state index >= 15 is 0 Å². The van der Waals surface area contributed by atoms with Crippen LogP contribution in [0, 0.1) is 0 Å². The average Bonchev–Trinajstić information content (AvgIpc) is 2.51. The van der Waals surface area contributed by atoms with E-state index in [1.54, 1.807) is 0 Å². The molecule has 3 N–H and O–H groups in total. The van der Waals surface area contributed by atoms with Crippen molar-refractivity contribution < 1.29 is 19.8 Å². The van der Waals surface area contributed by atoms with Crippen molar-refractivity contribution in [3.05, 3.63) is 29.3 Å². The van der Waals surface area contributed by atoms with Gasteiger partial charge in [0.05, 0.1) is 6.42 Å². The van der Waals surface area contributed by atoms with Crippen molar-refractivity contribution in [2.45, 2.75) is 6.42 Å². The summed E-state index contributed by atoms with van der Waals surface area (Å²) in [6.07, 6.45) is 1.54. The van der Waals surface area contributed by atoms with E-state index in [1.165, 1.54) is 24.3 Å². The van der Waals surface area contributed by atoms with Crippen LogP contribution < -0.4 is 5.32 Å². The van der Waals surface area contributed by atoms with Crippen molar-refractivity contribution in [3.63, 3.8) is 0 Å². The van der Waals surface area contributed by atoms with Crippen LogP contribution in [-0.2, 0) is 9.59 Å². The van der Waals surface area contributed by atoms with Gasteiger partial charge >= 0.3 is 0 Å². The third-order valence-corrected chi connectivity index (χ3v) is 2.24. The number of hydrogen-bond donors (Lipinski definition) is 3. The van der Waals surface area contributed by atoms with Gasteiger partial charge in [0.25, 0.3) is 5.91 Å². The molecule has 0 aromatic heterocycles. The van der Waals surface area contributed by atoms with Gasteiger partial charge in [-0.1, -0.05) is 6.07 Å². The number of carbonyl (C=O) groups is 2. The number of carbonyl (C=O) groups excluding carboxylic acids is 2. The maximum absolute atomic E-state index is 11.2. The van der Waals surface area contributed by atoms with Gasteiger partial charge in [0, 0.05) is 5.57 Å². The molecule has 2 amide bonds. The molecule has 1 aromatic rings. The first kappa shape index (κ1) is 10.2. The van der Waals surface area contributed by atoms with Crippen molar-refractivity contribution in [1.29, 1.82) is 0 Å². The van der Waals surface area contributed by atoms with Gasteiger partial charge < -0.3 is 10.2 Å². The second kappa shape index (κ2) is 3.69. The van der Waals surface area contributed by atoms with Crippen LogP contribution in [-0.4, -0.2) is 22.0 Å². The number of phenolic OH excluding ortho intramolecular Hbond substituents is 2. The molecule has 0 spiro atoms. The van der Waals surface area contributed by atoms with Gasteiger partial charge in [0.1, 0.15) is 0 Å². The number of aromatic hydroxyl groups is 2. The Balaban J connectivity index is 2.32. The normalized spacial score (nSPS) is 17.9. The molecule has 0 unspecified atom stereocenters. The first-order valence-corrected chi connectivity index (χ1v) is 4.63. The summed E-state index contributed by atoms with van der Waals surface area (Å²) < 4.78 is 0. The van der Waals surface area contributed by atoms with Crippen molar-refractivity contribution >= 4 is 17.9 Å². The van der Waals surface area contributed by atoms with E-state index in [4.69, 9.17) is 5.11 Å². The highest BCUT2D eigenvalue weighted by Gasteiger charge is 2.23. The van der Waals surface area contributed by atoms with Crippen LogP contribution in [0.25, 0.3) is 6.08 Å². The average molecular weight is 219 g/mol. The summed E-state index contributed by atoms with van der Waals surface area (Å²) in [5.41, 5.74) is 0.894. The summed E-state index contributed by atoms with van der Waals surface area (Å²) in [6.45, 7) is 0. The fourth-order valence-corrected chi connectivity index (χ4v) is 1.45. The van der Waals surface area contributed by atoms with Crippen LogP contribution in [0.3, 0.4) is 0 Å². The second-order valence-electron chi connectivity index (χ2n) is 3.47. The van der Waals surface area contributed by atoms with Crippen LogP contribution in [0.4, 0.5) is 0 Å². The highest BCUT2D eigenvalue weighted by Crippen LogP contribution is 2.26. The van der Waals surface area contributed by atoms with Crippen LogP contribution >= 0.6 is 0 Å². The lowest BCUT2D eigenvalue weighted by Crippen LogP contribution is -2.19. The lowest BCUT2D eigenvalue weighted by atomic mass is 10.1. The fourth-order valence-electron chi connectivity index (χ4n) is 1.45. The Morgan fingerprint density at radius 3 is 2.50 bits per heavy atom. The predicted molar refractivity (Wildman–Crippen MR) is 55.5 cm³/mol. The van der Waals surface area contributed by atoms with Crippen LogP contribution in [0.1, 0.15) is 12.0 Å². The first-order chi connectivity index (χ1) is 7.56. The molecule has 5 nitrogen and oxygen atoms in total. The molecular weight excluding hydrogens is 210 g/mol. The Bertz CT molecular complexity index is 505. The van der Waals surface area contributed by atoms with E-state index in [9.17, 15) is 14.7 Å². The number of hydrogen-bond acceptors (Lipinski definition) is 4. The molecule has 2 rings (SSSR count). The van der Waals surface area contributed by atoms with E-state index < -0.39 is 5.91 Å². The van der Waals surface area contributed by atoms with Crippen molar-refractivity contribution in [2.24, 2.45) is 0 Å². The summed E-state index contributed by atoms with van der Waals surface area (Å²) in [7, 11) is 0. The van der Waals surface area contributed by atoms with Gasteiger partial charge in [0.2, 0.25) is 5.91 Å². The summed E-state index contributed by atoms with van der Waals surface area (Å²) in [5.74, 6) is -1.25. The van der Waals surface area contributed by atoms with Gasteiger partial charge in [-0.25, -0.2) is 0 Å². The fraction of sp³-hybridized carbons (Fsp3) is 0.0909. The van der Waals surface area contributed by atoms with E-state index in [-0.39, 0.29) is 23.8 Å². The smallest absolute Gasteiger partial charge is 0.254 e. The SMILES string of the molecule is O=C1C/C(=C\c2ccc(O)c(O)c2)C(=O)N1. The molecule has 0 radical (unpaired) electrons. The topological polar surface area (TPSA) is 86.6 Å². The lowest BCUT2D eigenvalue weighted by molar-refractivity contribution is -0.124. The van der Waals surface area contributed by atoms with Crippen LogP contribution in [0.2, 0.25) is 0 Å². The monoisotopic (exact) mass is 219 g/mol. The number of amides is 2. The molecule has 0 aliphatic carbocycles. The Kier molecular flexibility index (Phi) is 2.36. The molecule has 1 saturated heterocycles. The minimum atomic E-state index is -0.419. The molecular formula is C11H9NO4. The van der Waals surface area contributed by atoms with Gasteiger partial charge in [-0.2, -0.15) is 0 Å². The number of rotatable bonds is 1. The van der Waals surface area contributed by atoms with Crippen molar-refractivity contribution in [3.8, 4) is 11.5 Å². The van der Waals surface area contributed by atoms with E-state index in [0.717, 1.165) is 0 Å². The zero-order valence-electron chi connectivity index (χ0n) is 8.23. The number of nitrogens with one attached hydrogen (secondary N) is 1. The molecule has 1 aliphatic heterocycles. The third-order valence-electron chi connectivity index (χ3n) is 2.24. The quantitative estimate of drug-likeness (QED) is 0.365. The maximum atomic E-state index is 11.2. The number of phenols is 2. The predicted octanol–water partition coefficient (Wildman–Crippen LogP) is 0.528. The summed E-state index contributed by atoms with van der Waals surface area (Å²) in [4.78, 5) is 22.1. The lowest BCUT2D eigenvalue weighted by Gasteiger charge is -1.99. The van der Waals surface area contributed by atoms with Gasteiger partial charge in [0.15, 0.2) is 11.5 Å². The van der Waals surface area contributed by atoms with E-state index in [1.807, 2.05) is 0 Å². The zero-order valence-corrected chi connectivity index (χ0v) is 8.23. The molecule has 1 heterocycles. The van der Waals surface area contributed by atoms with Gasteiger partial charge in [-0.05, 0) is 23.8 Å². The molecule has 16 heavy (non-hydrogen) atoms. The largest absolute Gasteiger partial charge is 0.504 e. The summed E-state index contributed by atoms with van der Waals surface area (Å²) >= 11 is 0. The minimum absolute atomic E-state index is 0.0421. The van der Waals surface area contributed by atoms with Crippen LogP contribution in [0.5, 0.6) is 11.5 Å². The Hall–Kier alpha value is -2.30. The molecule has 1 aromatic carbocycles. The molecule has 82 valence electrons. The Morgan fingerprint density at radius 2 is 1.94 bits per heavy atom. The maximum Gasteiger partial charge on any atom is 0.254 e. The highest BCUT2D eigenvalue weighted by molar-refractivity contribution is 6.15. The number of imide groups is 1. The van der Waals surface area contributed by atoms with Gasteiger partial charge in [-0.15, -0.1) is 0 Å². The second-order valence-corrected chi connectivity index (χ2v) is 3.47. The standard InChI is InChI=1S/C11H9NO4/c13-8-2-1-6(4-9(8)14)3-7-5-10(15)12-11(7)16/h1-4,13-14H,5H2,(H,12,15,16)/b7-3+. The minimum Gasteiger partial charge on any atom is -0.504 e. The van der Waals surface area contributed by atoms with Crippen molar-refractivity contribution in [1.82, 2.24) is 5.32 Å². The summed E-state index contributed by atoms with van der Waals surface area (Å²) in [5, 5.41) is 20.5.